The van der Waals surface area contributed by atoms with Crippen LogP contribution in [0, 0.1) is 5.92 Å². The van der Waals surface area contributed by atoms with Crippen molar-refractivity contribution in [1.29, 1.82) is 0 Å². The van der Waals surface area contributed by atoms with Crippen molar-refractivity contribution in [2.24, 2.45) is 18.0 Å². The van der Waals surface area contributed by atoms with Crippen molar-refractivity contribution in [3.05, 3.63) is 23.0 Å². The Morgan fingerprint density at radius 1 is 1.56 bits per heavy atom. The lowest BCUT2D eigenvalue weighted by molar-refractivity contribution is 0.0367. The molecule has 0 saturated heterocycles. The van der Waals surface area contributed by atoms with Gasteiger partial charge >= 0.3 is 0 Å². The van der Waals surface area contributed by atoms with E-state index < -0.39 is 6.10 Å². The van der Waals surface area contributed by atoms with Crippen molar-refractivity contribution in [2.75, 3.05) is 33.4 Å². The third-order valence-corrected chi connectivity index (χ3v) is 4.19. The highest BCUT2D eigenvalue weighted by Crippen LogP contribution is 2.28. The van der Waals surface area contributed by atoms with E-state index in [1.807, 2.05) is 42.7 Å². The van der Waals surface area contributed by atoms with Crippen LogP contribution in [-0.4, -0.2) is 60.0 Å². The maximum atomic E-state index is 10.0. The maximum Gasteiger partial charge on any atom is 0.194 e. The van der Waals surface area contributed by atoms with Gasteiger partial charge in [-0.25, -0.2) is 0 Å². The van der Waals surface area contributed by atoms with E-state index in [-0.39, 0.29) is 24.0 Å². The number of halogens is 2. The first-order chi connectivity index (χ1) is 11.5. The molecule has 0 amide bonds. The summed E-state index contributed by atoms with van der Waals surface area (Å²) in [6.07, 6.45) is 3.82. The molecule has 0 radical (unpaired) electrons. The number of aliphatic hydroxyl groups excluding tert-OH is 1. The number of guanidine groups is 1. The summed E-state index contributed by atoms with van der Waals surface area (Å²) >= 11 is 6.04. The minimum absolute atomic E-state index is 0. The second-order valence-corrected chi connectivity index (χ2v) is 6.88. The zero-order valence-corrected chi connectivity index (χ0v) is 18.3. The minimum Gasteiger partial charge on any atom is -0.389 e. The van der Waals surface area contributed by atoms with Gasteiger partial charge < -0.3 is 24.6 Å². The predicted molar refractivity (Wildman–Crippen MR) is 113 cm³/mol. The maximum absolute atomic E-state index is 10.0. The van der Waals surface area contributed by atoms with E-state index in [0.717, 1.165) is 29.8 Å². The number of aromatic nitrogens is 1. The zero-order valence-electron chi connectivity index (χ0n) is 15.2. The van der Waals surface area contributed by atoms with Crippen LogP contribution in [0.5, 0.6) is 0 Å². The lowest BCUT2D eigenvalue weighted by Crippen LogP contribution is -2.39. The number of ether oxygens (including phenoxy) is 1. The third kappa shape index (κ3) is 8.15. The molecule has 0 aliphatic heterocycles. The molecule has 0 spiro atoms. The SMILES string of the molecule is CCNC(=NCC(O)COCC1CC1)N(C)Cc1cc(Cl)cn1C.I. The second-order valence-electron chi connectivity index (χ2n) is 6.45. The highest BCUT2D eigenvalue weighted by atomic mass is 127. The minimum atomic E-state index is -0.574. The Hall–Kier alpha value is -0.510. The predicted octanol–water partition coefficient (Wildman–Crippen LogP) is 2.48. The Morgan fingerprint density at radius 3 is 2.84 bits per heavy atom. The summed E-state index contributed by atoms with van der Waals surface area (Å²) in [4.78, 5) is 6.54. The monoisotopic (exact) mass is 484 g/mol. The van der Waals surface area contributed by atoms with Gasteiger partial charge in [-0.3, -0.25) is 4.99 Å². The van der Waals surface area contributed by atoms with Crippen molar-refractivity contribution >= 4 is 41.5 Å². The summed E-state index contributed by atoms with van der Waals surface area (Å²) in [5.41, 5.74) is 1.10. The third-order valence-electron chi connectivity index (χ3n) is 3.98. The van der Waals surface area contributed by atoms with Gasteiger partial charge in [0.1, 0.15) is 0 Å². The summed E-state index contributed by atoms with van der Waals surface area (Å²) in [7, 11) is 3.94. The van der Waals surface area contributed by atoms with Gasteiger partial charge in [-0.1, -0.05) is 11.6 Å². The number of aliphatic imine (C=N–C) groups is 1. The van der Waals surface area contributed by atoms with Crippen LogP contribution < -0.4 is 5.32 Å². The number of nitrogens with one attached hydrogen (secondary N) is 1. The van der Waals surface area contributed by atoms with Gasteiger partial charge in [-0.2, -0.15) is 0 Å². The number of aryl methyl sites for hydroxylation is 1. The Bertz CT molecular complexity index is 549. The van der Waals surface area contributed by atoms with Crippen LogP contribution in [-0.2, 0) is 18.3 Å². The molecular weight excluding hydrogens is 455 g/mol. The smallest absolute Gasteiger partial charge is 0.194 e. The average Bonchev–Trinajstić information content (AvgIpc) is 3.29. The molecule has 1 atom stereocenters. The first kappa shape index (κ1) is 22.5. The largest absolute Gasteiger partial charge is 0.389 e. The normalized spacial score (nSPS) is 15.6. The van der Waals surface area contributed by atoms with Gasteiger partial charge in [0.15, 0.2) is 5.96 Å². The van der Waals surface area contributed by atoms with E-state index in [9.17, 15) is 5.11 Å². The zero-order chi connectivity index (χ0) is 17.5. The molecule has 0 bridgehead atoms. The van der Waals surface area contributed by atoms with Gasteiger partial charge in [0.25, 0.3) is 0 Å². The van der Waals surface area contributed by atoms with Gasteiger partial charge in [-0.05, 0) is 31.7 Å². The molecule has 144 valence electrons. The van der Waals surface area contributed by atoms with Crippen LogP contribution in [0.2, 0.25) is 5.02 Å². The fraction of sp³-hybridized carbons (Fsp3) is 0.706. The molecule has 1 aliphatic rings. The van der Waals surface area contributed by atoms with Crippen molar-refractivity contribution in [1.82, 2.24) is 14.8 Å². The summed E-state index contributed by atoms with van der Waals surface area (Å²) in [6, 6.07) is 1.95. The lowest BCUT2D eigenvalue weighted by atomic mass is 10.3. The van der Waals surface area contributed by atoms with Crippen LogP contribution in [0.4, 0.5) is 0 Å². The fourth-order valence-corrected chi connectivity index (χ4v) is 2.68. The van der Waals surface area contributed by atoms with E-state index in [0.29, 0.717) is 25.6 Å². The second kappa shape index (κ2) is 11.3. The van der Waals surface area contributed by atoms with Crippen LogP contribution in [0.25, 0.3) is 0 Å². The molecular formula is C17H30ClIN4O2. The Kier molecular flexibility index (Phi) is 10.1. The standard InChI is InChI=1S/C17H29ClN4O2.HI/c1-4-19-17(20-8-16(23)12-24-11-13-5-6-13)22(3)10-15-7-14(18)9-21(15)2;/h7,9,13,16,23H,4-6,8,10-12H2,1-3H3,(H,19,20);1H. The Morgan fingerprint density at radius 2 is 2.28 bits per heavy atom. The van der Waals surface area contributed by atoms with Crippen LogP contribution in [0.15, 0.2) is 17.3 Å². The highest BCUT2D eigenvalue weighted by Gasteiger charge is 2.21. The molecule has 0 aromatic carbocycles. The van der Waals surface area contributed by atoms with Crippen LogP contribution >= 0.6 is 35.6 Å². The van der Waals surface area contributed by atoms with Crippen molar-refractivity contribution in [3.8, 4) is 0 Å². The van der Waals surface area contributed by atoms with E-state index in [2.05, 4.69) is 10.3 Å². The number of nitrogens with zero attached hydrogens (tertiary/aromatic N) is 3. The van der Waals surface area contributed by atoms with Gasteiger partial charge in [0, 0.05) is 39.1 Å². The molecule has 1 fully saturated rings. The summed E-state index contributed by atoms with van der Waals surface area (Å²) in [6.45, 7) is 4.91. The molecule has 8 heteroatoms. The summed E-state index contributed by atoms with van der Waals surface area (Å²) in [5, 5.41) is 14.0. The molecule has 1 aromatic rings. The highest BCUT2D eigenvalue weighted by molar-refractivity contribution is 14.0. The van der Waals surface area contributed by atoms with E-state index in [1.54, 1.807) is 0 Å². The quantitative estimate of drug-likeness (QED) is 0.321. The lowest BCUT2D eigenvalue weighted by Gasteiger charge is -2.22. The van der Waals surface area contributed by atoms with E-state index in [1.165, 1.54) is 12.8 Å². The van der Waals surface area contributed by atoms with E-state index >= 15 is 0 Å². The Labute approximate surface area is 172 Å². The first-order valence-electron chi connectivity index (χ1n) is 8.55. The Balaban J connectivity index is 0.00000312. The summed E-state index contributed by atoms with van der Waals surface area (Å²) < 4.78 is 7.52. The van der Waals surface area contributed by atoms with Crippen LogP contribution in [0.1, 0.15) is 25.5 Å². The van der Waals surface area contributed by atoms with Crippen molar-refractivity contribution < 1.29 is 9.84 Å². The fourth-order valence-electron chi connectivity index (χ4n) is 2.41. The average molecular weight is 485 g/mol. The summed E-state index contributed by atoms with van der Waals surface area (Å²) in [5.74, 6) is 1.47. The topological polar surface area (TPSA) is 62.0 Å². The number of hydrogen-bond acceptors (Lipinski definition) is 3. The molecule has 6 nitrogen and oxygen atoms in total. The molecule has 1 unspecified atom stereocenters. The van der Waals surface area contributed by atoms with Crippen molar-refractivity contribution in [2.45, 2.75) is 32.4 Å². The molecule has 1 saturated carbocycles. The van der Waals surface area contributed by atoms with Gasteiger partial charge in [0.05, 0.1) is 30.8 Å². The van der Waals surface area contributed by atoms with Gasteiger partial charge in [-0.15, -0.1) is 24.0 Å². The molecule has 1 aromatic heterocycles. The molecule has 1 aliphatic carbocycles. The number of rotatable bonds is 9. The molecule has 2 N–H and O–H groups in total. The van der Waals surface area contributed by atoms with Gasteiger partial charge in [0.2, 0.25) is 0 Å². The van der Waals surface area contributed by atoms with E-state index in [4.69, 9.17) is 16.3 Å². The number of aliphatic hydroxyl groups is 1. The first-order valence-corrected chi connectivity index (χ1v) is 8.93. The number of hydrogen-bond donors (Lipinski definition) is 2. The molecule has 1 heterocycles. The van der Waals surface area contributed by atoms with Crippen molar-refractivity contribution in [3.63, 3.8) is 0 Å². The molecule has 25 heavy (non-hydrogen) atoms. The van der Waals surface area contributed by atoms with Crippen LogP contribution in [0.3, 0.4) is 0 Å². The molecule has 2 rings (SSSR count).